The van der Waals surface area contributed by atoms with E-state index in [2.05, 4.69) is 12.1 Å². The Morgan fingerprint density at radius 3 is 2.35 bits per heavy atom. The van der Waals surface area contributed by atoms with Crippen LogP contribution in [0.5, 0.6) is 11.5 Å². The predicted molar refractivity (Wildman–Crippen MR) is 99.5 cm³/mol. The first kappa shape index (κ1) is 15.0. The van der Waals surface area contributed by atoms with Gasteiger partial charge in [0, 0.05) is 11.3 Å². The molecule has 1 amide bonds. The van der Waals surface area contributed by atoms with E-state index >= 15 is 0 Å². The first-order valence-electron chi connectivity index (χ1n) is 8.60. The van der Waals surface area contributed by atoms with Crippen LogP contribution < -0.4 is 14.4 Å². The van der Waals surface area contributed by atoms with Crippen LogP contribution in [0, 0.1) is 0 Å². The highest BCUT2D eigenvalue weighted by atomic mass is 16.5. The Morgan fingerprint density at radius 2 is 1.58 bits per heavy atom. The molecule has 0 bridgehead atoms. The van der Waals surface area contributed by atoms with Gasteiger partial charge in [-0.1, -0.05) is 42.5 Å². The number of rotatable bonds is 2. The van der Waals surface area contributed by atoms with Crippen LogP contribution in [0.2, 0.25) is 0 Å². The fraction of sp³-hybridized carbons (Fsp3) is 0.136. The summed E-state index contributed by atoms with van der Waals surface area (Å²) in [5.74, 6) is 1.50. The lowest BCUT2D eigenvalue weighted by Gasteiger charge is -2.46. The number of para-hydroxylation sites is 1. The highest BCUT2D eigenvalue weighted by molar-refractivity contribution is 6.06. The molecule has 26 heavy (non-hydrogen) atoms. The minimum atomic E-state index is -0.498. The first-order valence-corrected chi connectivity index (χ1v) is 8.60. The fourth-order valence-corrected chi connectivity index (χ4v) is 3.84. The number of nitrogens with zero attached hydrogens (tertiary/aromatic N) is 1. The summed E-state index contributed by atoms with van der Waals surface area (Å²) in [6, 6.07) is 23.5. The molecule has 128 valence electrons. The van der Waals surface area contributed by atoms with Crippen molar-refractivity contribution in [3.05, 3.63) is 78.4 Å². The van der Waals surface area contributed by atoms with Gasteiger partial charge in [0.25, 0.3) is 5.91 Å². The number of amides is 1. The smallest absolute Gasteiger partial charge is 0.271 e. The molecule has 2 aliphatic rings. The summed E-state index contributed by atoms with van der Waals surface area (Å²) in [6.45, 7) is 0. The Hall–Kier alpha value is -3.27. The minimum absolute atomic E-state index is 0.0216. The van der Waals surface area contributed by atoms with Crippen molar-refractivity contribution in [3.63, 3.8) is 0 Å². The fourth-order valence-electron chi connectivity index (χ4n) is 3.84. The Labute approximate surface area is 151 Å². The van der Waals surface area contributed by atoms with E-state index in [0.717, 1.165) is 33.9 Å². The summed E-state index contributed by atoms with van der Waals surface area (Å²) in [4.78, 5) is 14.7. The van der Waals surface area contributed by atoms with Crippen LogP contribution in [0.25, 0.3) is 11.1 Å². The third kappa shape index (κ3) is 2.05. The van der Waals surface area contributed by atoms with Crippen LogP contribution in [-0.2, 0) is 4.79 Å². The van der Waals surface area contributed by atoms with Crippen LogP contribution in [0.4, 0.5) is 5.69 Å². The summed E-state index contributed by atoms with van der Waals surface area (Å²) >= 11 is 0. The molecule has 0 aromatic heterocycles. The Bertz CT molecular complexity index is 996. The van der Waals surface area contributed by atoms with E-state index in [1.54, 1.807) is 7.11 Å². The predicted octanol–water partition coefficient (Wildman–Crippen LogP) is 4.21. The summed E-state index contributed by atoms with van der Waals surface area (Å²) in [6.07, 6.45) is -0.498. The molecule has 2 heterocycles. The second kappa shape index (κ2) is 5.63. The molecule has 1 saturated heterocycles. The van der Waals surface area contributed by atoms with Crippen LogP contribution >= 0.6 is 0 Å². The highest BCUT2D eigenvalue weighted by Gasteiger charge is 2.53. The van der Waals surface area contributed by atoms with Crippen molar-refractivity contribution < 1.29 is 14.3 Å². The number of anilines is 1. The van der Waals surface area contributed by atoms with Crippen molar-refractivity contribution in [1.82, 2.24) is 0 Å². The van der Waals surface area contributed by atoms with Crippen LogP contribution in [0.1, 0.15) is 11.6 Å². The molecule has 0 N–H and O–H groups in total. The summed E-state index contributed by atoms with van der Waals surface area (Å²) in [7, 11) is 1.63. The first-order chi connectivity index (χ1) is 12.8. The maximum atomic E-state index is 12.9. The van der Waals surface area contributed by atoms with E-state index in [1.807, 2.05) is 65.6 Å². The number of hydrogen-bond acceptors (Lipinski definition) is 3. The van der Waals surface area contributed by atoms with E-state index in [1.165, 1.54) is 0 Å². The molecule has 0 aliphatic carbocycles. The topological polar surface area (TPSA) is 38.8 Å². The maximum absolute atomic E-state index is 12.9. The van der Waals surface area contributed by atoms with Crippen molar-refractivity contribution in [1.29, 1.82) is 0 Å². The van der Waals surface area contributed by atoms with Crippen molar-refractivity contribution in [2.24, 2.45) is 0 Å². The number of methoxy groups -OCH3 is 1. The van der Waals surface area contributed by atoms with Crippen LogP contribution in [0.3, 0.4) is 0 Å². The second-order valence-electron chi connectivity index (χ2n) is 6.47. The average molecular weight is 343 g/mol. The lowest BCUT2D eigenvalue weighted by Crippen LogP contribution is -2.61. The normalized spacial score (nSPS) is 20.0. The molecular formula is C22H17NO3. The lowest BCUT2D eigenvalue weighted by atomic mass is 9.86. The van der Waals surface area contributed by atoms with Gasteiger partial charge < -0.3 is 9.47 Å². The minimum Gasteiger partial charge on any atom is -0.497 e. The number of β-lactam (4-membered cyclic amide) rings is 1. The zero-order valence-corrected chi connectivity index (χ0v) is 14.3. The molecule has 5 rings (SSSR count). The number of carbonyl (C=O) groups is 1. The van der Waals surface area contributed by atoms with Crippen molar-refractivity contribution in [2.75, 3.05) is 12.0 Å². The highest BCUT2D eigenvalue weighted by Crippen LogP contribution is 2.49. The maximum Gasteiger partial charge on any atom is 0.271 e. The molecule has 2 aliphatic heterocycles. The average Bonchev–Trinajstić information content (AvgIpc) is 2.82. The summed E-state index contributed by atoms with van der Waals surface area (Å²) in [5, 5.41) is 0. The SMILES string of the molecule is COc1ccc(N2C(=O)[C@H]3Oc4ccccc4-c4ccccc4[C@H]32)cc1. The van der Waals surface area contributed by atoms with Gasteiger partial charge in [0.2, 0.25) is 6.10 Å². The van der Waals surface area contributed by atoms with Crippen LogP contribution in [0.15, 0.2) is 72.8 Å². The number of ether oxygens (including phenoxy) is 2. The molecule has 4 nitrogen and oxygen atoms in total. The van der Waals surface area contributed by atoms with E-state index in [0.29, 0.717) is 0 Å². The van der Waals surface area contributed by atoms with Gasteiger partial charge in [-0.15, -0.1) is 0 Å². The zero-order valence-electron chi connectivity index (χ0n) is 14.3. The third-order valence-corrected chi connectivity index (χ3v) is 5.11. The van der Waals surface area contributed by atoms with Gasteiger partial charge in [-0.25, -0.2) is 0 Å². The standard InChI is InChI=1S/C22H17NO3/c1-25-15-12-10-14(11-13-15)23-20-18-8-3-2-6-16(18)17-7-4-5-9-19(17)26-21(20)22(23)24/h2-13,20-21H,1H3/t20-,21+/m1/s1. The van der Waals surface area contributed by atoms with Gasteiger partial charge in [0.1, 0.15) is 17.5 Å². The van der Waals surface area contributed by atoms with Gasteiger partial charge >= 0.3 is 0 Å². The van der Waals surface area contributed by atoms with Crippen molar-refractivity contribution in [3.8, 4) is 22.6 Å². The molecule has 0 saturated carbocycles. The number of benzene rings is 3. The van der Waals surface area contributed by atoms with Gasteiger partial charge in [0.15, 0.2) is 0 Å². The Kier molecular flexibility index (Phi) is 3.25. The second-order valence-corrected chi connectivity index (χ2v) is 6.47. The molecular weight excluding hydrogens is 326 g/mol. The Morgan fingerprint density at radius 1 is 0.885 bits per heavy atom. The largest absolute Gasteiger partial charge is 0.497 e. The van der Waals surface area contributed by atoms with Gasteiger partial charge in [0.05, 0.1) is 7.11 Å². The zero-order chi connectivity index (χ0) is 17.7. The molecule has 2 atom stereocenters. The van der Waals surface area contributed by atoms with E-state index in [-0.39, 0.29) is 11.9 Å². The van der Waals surface area contributed by atoms with Crippen LogP contribution in [-0.4, -0.2) is 19.1 Å². The van der Waals surface area contributed by atoms with E-state index < -0.39 is 6.10 Å². The summed E-state index contributed by atoms with van der Waals surface area (Å²) < 4.78 is 11.4. The molecule has 3 aromatic rings. The lowest BCUT2D eigenvalue weighted by molar-refractivity contribution is -0.134. The number of carbonyl (C=O) groups excluding carboxylic acids is 1. The van der Waals surface area contributed by atoms with E-state index in [9.17, 15) is 4.79 Å². The molecule has 3 aromatic carbocycles. The van der Waals surface area contributed by atoms with Crippen molar-refractivity contribution in [2.45, 2.75) is 12.1 Å². The summed E-state index contributed by atoms with van der Waals surface area (Å²) in [5.41, 5.74) is 4.10. The van der Waals surface area contributed by atoms with Gasteiger partial charge in [-0.3, -0.25) is 9.69 Å². The number of fused-ring (bicyclic) bond motifs is 5. The van der Waals surface area contributed by atoms with E-state index in [4.69, 9.17) is 9.47 Å². The molecule has 1 fully saturated rings. The quantitative estimate of drug-likeness (QED) is 0.654. The Balaban J connectivity index is 1.64. The monoisotopic (exact) mass is 343 g/mol. The third-order valence-electron chi connectivity index (χ3n) is 5.11. The van der Waals surface area contributed by atoms with Crippen molar-refractivity contribution >= 4 is 11.6 Å². The number of hydrogen-bond donors (Lipinski definition) is 0. The van der Waals surface area contributed by atoms with Gasteiger partial charge in [-0.05, 0) is 41.5 Å². The molecule has 0 spiro atoms. The van der Waals surface area contributed by atoms with Gasteiger partial charge in [-0.2, -0.15) is 0 Å². The molecule has 0 unspecified atom stereocenters. The molecule has 0 radical (unpaired) electrons. The molecule has 4 heteroatoms.